The second-order valence-corrected chi connectivity index (χ2v) is 5.05. The van der Waals surface area contributed by atoms with E-state index in [1.807, 2.05) is 6.08 Å². The Morgan fingerprint density at radius 2 is 1.95 bits per heavy atom. The van der Waals surface area contributed by atoms with Gasteiger partial charge in [0.1, 0.15) is 6.10 Å². The Morgan fingerprint density at radius 3 is 2.58 bits per heavy atom. The molecule has 0 aromatic carbocycles. The van der Waals surface area contributed by atoms with Crippen LogP contribution in [0.25, 0.3) is 0 Å². The summed E-state index contributed by atoms with van der Waals surface area (Å²) in [5.41, 5.74) is 0. The number of hydrogen-bond acceptors (Lipinski definition) is 5. The van der Waals surface area contributed by atoms with Gasteiger partial charge in [0.15, 0.2) is 11.6 Å². The van der Waals surface area contributed by atoms with E-state index in [0.717, 1.165) is 25.7 Å². The molecule has 0 aromatic rings. The first-order valence-electron chi connectivity index (χ1n) is 6.65. The highest BCUT2D eigenvalue weighted by Crippen LogP contribution is 2.38. The molecule has 2 rings (SSSR count). The van der Waals surface area contributed by atoms with E-state index in [2.05, 4.69) is 6.58 Å². The third-order valence-electron chi connectivity index (χ3n) is 3.51. The zero-order valence-electron chi connectivity index (χ0n) is 10.8. The van der Waals surface area contributed by atoms with Crippen molar-refractivity contribution in [2.24, 2.45) is 5.92 Å². The number of unbranched alkanes of at least 4 members (excludes halogenated alkanes) is 1. The molecule has 2 saturated carbocycles. The number of carbonyl (C=O) groups excluding carboxylic acids is 3. The van der Waals surface area contributed by atoms with Gasteiger partial charge in [-0.2, -0.15) is 0 Å². The van der Waals surface area contributed by atoms with Gasteiger partial charge in [0.2, 0.25) is 6.10 Å². The van der Waals surface area contributed by atoms with Crippen molar-refractivity contribution in [2.45, 2.75) is 50.7 Å². The zero-order chi connectivity index (χ0) is 13.8. The smallest absolute Gasteiger partial charge is 0.431 e. The first kappa shape index (κ1) is 13.8. The van der Waals surface area contributed by atoms with Crippen LogP contribution in [0.1, 0.15) is 38.5 Å². The Kier molecular flexibility index (Phi) is 4.35. The number of ether oxygens (including phenoxy) is 2. The predicted octanol–water partition coefficient (Wildman–Crippen LogP) is 2.18. The Balaban J connectivity index is 1.67. The first-order chi connectivity index (χ1) is 9.11. The van der Waals surface area contributed by atoms with Crippen molar-refractivity contribution in [3.05, 3.63) is 12.7 Å². The van der Waals surface area contributed by atoms with Gasteiger partial charge in [0.25, 0.3) is 0 Å². The van der Waals surface area contributed by atoms with Gasteiger partial charge in [0.05, 0.1) is 0 Å². The Morgan fingerprint density at radius 1 is 1.26 bits per heavy atom. The van der Waals surface area contributed by atoms with Crippen LogP contribution in [0.5, 0.6) is 0 Å². The molecular weight excluding hydrogens is 248 g/mol. The monoisotopic (exact) mass is 266 g/mol. The van der Waals surface area contributed by atoms with Crippen molar-refractivity contribution in [1.29, 1.82) is 0 Å². The SMILES string of the molecule is C=CCCC[C@@H]1C[C@H]1OC(=O)OC1C(=O)CCC1=O. The van der Waals surface area contributed by atoms with E-state index < -0.39 is 12.3 Å². The van der Waals surface area contributed by atoms with Crippen molar-refractivity contribution < 1.29 is 23.9 Å². The molecule has 0 saturated heterocycles. The Labute approximate surface area is 111 Å². The molecule has 5 heteroatoms. The summed E-state index contributed by atoms with van der Waals surface area (Å²) in [6.07, 6.45) is 3.74. The van der Waals surface area contributed by atoms with Gasteiger partial charge in [-0.15, -0.1) is 6.58 Å². The molecule has 0 amide bonds. The number of ketones is 2. The van der Waals surface area contributed by atoms with Gasteiger partial charge in [-0.05, 0) is 31.6 Å². The molecule has 0 heterocycles. The summed E-state index contributed by atoms with van der Waals surface area (Å²) in [5, 5.41) is 0. The number of Topliss-reactive ketones (excluding diaryl/α,β-unsaturated/α-hetero) is 2. The summed E-state index contributed by atoms with van der Waals surface area (Å²) in [4.78, 5) is 34.0. The van der Waals surface area contributed by atoms with Crippen LogP contribution < -0.4 is 0 Å². The maximum absolute atomic E-state index is 11.5. The second kappa shape index (κ2) is 5.99. The van der Waals surface area contributed by atoms with E-state index in [-0.39, 0.29) is 30.5 Å². The standard InChI is InChI=1S/C14H18O5/c1-2-3-4-5-9-8-12(9)18-14(17)19-13-10(15)6-7-11(13)16/h2,9,12-13H,1,3-8H2/t9-,12-/m1/s1. The predicted molar refractivity (Wildman–Crippen MR) is 66.5 cm³/mol. The highest BCUT2D eigenvalue weighted by atomic mass is 16.7. The highest BCUT2D eigenvalue weighted by molar-refractivity contribution is 6.12. The average Bonchev–Trinajstić information content (AvgIpc) is 3.03. The molecule has 0 aromatic heterocycles. The molecule has 5 nitrogen and oxygen atoms in total. The van der Waals surface area contributed by atoms with Crippen LogP contribution in [-0.2, 0) is 19.1 Å². The van der Waals surface area contributed by atoms with E-state index >= 15 is 0 Å². The van der Waals surface area contributed by atoms with Crippen LogP contribution in [0.15, 0.2) is 12.7 Å². The Bertz CT molecular complexity index is 385. The molecule has 2 aliphatic rings. The largest absolute Gasteiger partial charge is 0.509 e. The molecule has 2 aliphatic carbocycles. The summed E-state index contributed by atoms with van der Waals surface area (Å²) in [6.45, 7) is 3.65. The fourth-order valence-corrected chi connectivity index (χ4v) is 2.26. The summed E-state index contributed by atoms with van der Waals surface area (Å²) in [5.74, 6) is -0.289. The number of hydrogen-bond donors (Lipinski definition) is 0. The molecule has 19 heavy (non-hydrogen) atoms. The molecular formula is C14H18O5. The molecule has 0 spiro atoms. The molecule has 0 aliphatic heterocycles. The molecule has 104 valence electrons. The minimum absolute atomic E-state index is 0.121. The van der Waals surface area contributed by atoms with E-state index in [4.69, 9.17) is 9.47 Å². The van der Waals surface area contributed by atoms with Crippen LogP contribution in [0.4, 0.5) is 4.79 Å². The van der Waals surface area contributed by atoms with Crippen molar-refractivity contribution in [2.75, 3.05) is 0 Å². The van der Waals surface area contributed by atoms with Crippen LogP contribution in [0.2, 0.25) is 0 Å². The lowest BCUT2D eigenvalue weighted by Crippen LogP contribution is -2.29. The number of allylic oxidation sites excluding steroid dienone is 1. The minimum atomic E-state index is -1.23. The van der Waals surface area contributed by atoms with Crippen LogP contribution >= 0.6 is 0 Å². The third kappa shape index (κ3) is 3.66. The molecule has 0 bridgehead atoms. The van der Waals surface area contributed by atoms with Crippen LogP contribution in [0.3, 0.4) is 0 Å². The Hall–Kier alpha value is -1.65. The van der Waals surface area contributed by atoms with Crippen molar-refractivity contribution in [3.8, 4) is 0 Å². The topological polar surface area (TPSA) is 69.7 Å². The summed E-state index contributed by atoms with van der Waals surface area (Å²) < 4.78 is 9.86. The highest BCUT2D eigenvalue weighted by Gasteiger charge is 2.42. The fourth-order valence-electron chi connectivity index (χ4n) is 2.26. The van der Waals surface area contributed by atoms with E-state index in [0.29, 0.717) is 5.92 Å². The molecule has 0 N–H and O–H groups in total. The first-order valence-corrected chi connectivity index (χ1v) is 6.65. The molecule has 0 radical (unpaired) electrons. The molecule has 2 atom stereocenters. The van der Waals surface area contributed by atoms with Gasteiger partial charge in [-0.3, -0.25) is 9.59 Å². The van der Waals surface area contributed by atoms with Gasteiger partial charge in [-0.25, -0.2) is 4.79 Å². The van der Waals surface area contributed by atoms with Gasteiger partial charge >= 0.3 is 6.16 Å². The fraction of sp³-hybridized carbons (Fsp3) is 0.643. The van der Waals surface area contributed by atoms with Gasteiger partial charge < -0.3 is 9.47 Å². The summed E-state index contributed by atoms with van der Waals surface area (Å²) >= 11 is 0. The average molecular weight is 266 g/mol. The third-order valence-corrected chi connectivity index (χ3v) is 3.51. The normalized spacial score (nSPS) is 26.3. The molecule has 2 fully saturated rings. The molecule has 0 unspecified atom stereocenters. The van der Waals surface area contributed by atoms with E-state index in [1.54, 1.807) is 0 Å². The zero-order valence-corrected chi connectivity index (χ0v) is 10.8. The van der Waals surface area contributed by atoms with Crippen molar-refractivity contribution >= 4 is 17.7 Å². The lowest BCUT2D eigenvalue weighted by atomic mass is 10.2. The van der Waals surface area contributed by atoms with Gasteiger partial charge in [0, 0.05) is 12.8 Å². The summed E-state index contributed by atoms with van der Waals surface area (Å²) in [6, 6.07) is 0. The maximum atomic E-state index is 11.5. The van der Waals surface area contributed by atoms with Crippen LogP contribution in [-0.4, -0.2) is 29.9 Å². The lowest BCUT2D eigenvalue weighted by Gasteiger charge is -2.09. The second-order valence-electron chi connectivity index (χ2n) is 5.05. The quantitative estimate of drug-likeness (QED) is 0.319. The van der Waals surface area contributed by atoms with Crippen LogP contribution in [0, 0.1) is 5.92 Å². The number of carbonyl (C=O) groups is 3. The summed E-state index contributed by atoms with van der Waals surface area (Å²) in [7, 11) is 0. The van der Waals surface area contributed by atoms with Crippen molar-refractivity contribution in [1.82, 2.24) is 0 Å². The van der Waals surface area contributed by atoms with E-state index in [9.17, 15) is 14.4 Å². The maximum Gasteiger partial charge on any atom is 0.509 e. The minimum Gasteiger partial charge on any atom is -0.431 e. The van der Waals surface area contributed by atoms with E-state index in [1.165, 1.54) is 0 Å². The lowest BCUT2D eigenvalue weighted by molar-refractivity contribution is -0.134. The van der Waals surface area contributed by atoms with Gasteiger partial charge in [-0.1, -0.05) is 6.08 Å². The number of rotatable bonds is 6. The van der Waals surface area contributed by atoms with Crippen molar-refractivity contribution in [3.63, 3.8) is 0 Å².